The SMILES string of the molecule is Cc1ccc(N(c2ccc(-c3ccc(N(c4ccc(C)cc4)c4ccccc4-c4ccc(-c5ccccc5)cc4)c(C)c3)cc2C)c2ccccc2-c2ccc(-c3ccccc3)cc2)cc1. The molecule has 0 N–H and O–H groups in total. The predicted molar refractivity (Wildman–Crippen MR) is 282 cm³/mol. The van der Waals surface area contributed by atoms with Crippen molar-refractivity contribution >= 4 is 34.1 Å². The van der Waals surface area contributed by atoms with Gasteiger partial charge in [0.2, 0.25) is 0 Å². The van der Waals surface area contributed by atoms with Crippen LogP contribution >= 0.6 is 0 Å². The molecular formula is C64H52N2. The molecule has 0 aliphatic heterocycles. The van der Waals surface area contributed by atoms with E-state index in [4.69, 9.17) is 0 Å². The smallest absolute Gasteiger partial charge is 0.0540 e. The maximum Gasteiger partial charge on any atom is 0.0540 e. The Morgan fingerprint density at radius 2 is 0.530 bits per heavy atom. The highest BCUT2D eigenvalue weighted by atomic mass is 15.2. The highest BCUT2D eigenvalue weighted by molar-refractivity contribution is 5.92. The molecule has 0 spiro atoms. The van der Waals surface area contributed by atoms with Crippen molar-refractivity contribution in [3.05, 3.63) is 265 Å². The van der Waals surface area contributed by atoms with Gasteiger partial charge in [-0.2, -0.15) is 0 Å². The second kappa shape index (κ2) is 18.5. The Kier molecular flexibility index (Phi) is 11.7. The summed E-state index contributed by atoms with van der Waals surface area (Å²) in [6, 6.07) is 88.2. The van der Waals surface area contributed by atoms with E-state index in [-0.39, 0.29) is 0 Å². The number of nitrogens with zero attached hydrogens (tertiary/aromatic N) is 2. The van der Waals surface area contributed by atoms with Gasteiger partial charge in [-0.05, 0) is 144 Å². The molecule has 0 aromatic heterocycles. The van der Waals surface area contributed by atoms with Crippen LogP contribution in [0, 0.1) is 27.7 Å². The standard InChI is InChI=1S/C64H52N2/c1-45-23-37-57(38-24-45)65(63-21-13-11-19-59(63)53-31-27-51(28-32-53)49-15-7-5-8-16-49)61-41-35-55(43-47(61)3)56-36-42-62(48(4)44-56)66(58-39-25-46(2)26-40-58)64-22-14-12-20-60(64)54-33-29-52(30-34-54)50-17-9-6-10-18-50/h5-44H,1-4H3. The highest BCUT2D eigenvalue weighted by Gasteiger charge is 2.22. The van der Waals surface area contributed by atoms with Gasteiger partial charge in [0, 0.05) is 33.9 Å². The van der Waals surface area contributed by atoms with Crippen LogP contribution in [0.5, 0.6) is 0 Å². The number of benzene rings is 10. The van der Waals surface area contributed by atoms with Gasteiger partial charge >= 0.3 is 0 Å². The topological polar surface area (TPSA) is 6.48 Å². The van der Waals surface area contributed by atoms with Gasteiger partial charge in [0.1, 0.15) is 0 Å². The first-order valence-corrected chi connectivity index (χ1v) is 22.8. The van der Waals surface area contributed by atoms with Gasteiger partial charge in [-0.25, -0.2) is 0 Å². The summed E-state index contributed by atoms with van der Waals surface area (Å²) in [6.45, 7) is 8.77. The lowest BCUT2D eigenvalue weighted by molar-refractivity contribution is 1.24. The molecule has 0 atom stereocenters. The summed E-state index contributed by atoms with van der Waals surface area (Å²) < 4.78 is 0. The fraction of sp³-hybridized carbons (Fsp3) is 0.0625. The lowest BCUT2D eigenvalue weighted by atomic mass is 9.96. The average Bonchev–Trinajstić information content (AvgIpc) is 3.37. The van der Waals surface area contributed by atoms with Crippen LogP contribution in [0.2, 0.25) is 0 Å². The van der Waals surface area contributed by atoms with Crippen LogP contribution in [-0.2, 0) is 0 Å². The van der Waals surface area contributed by atoms with Crippen molar-refractivity contribution < 1.29 is 0 Å². The Morgan fingerprint density at radius 1 is 0.227 bits per heavy atom. The van der Waals surface area contributed by atoms with Crippen molar-refractivity contribution in [1.29, 1.82) is 0 Å². The molecule has 0 aliphatic rings. The molecule has 0 heterocycles. The molecule has 0 fully saturated rings. The van der Waals surface area contributed by atoms with Crippen molar-refractivity contribution in [2.24, 2.45) is 0 Å². The molecule has 2 nitrogen and oxygen atoms in total. The molecule has 0 amide bonds. The molecule has 0 aliphatic carbocycles. The van der Waals surface area contributed by atoms with Crippen LogP contribution in [0.15, 0.2) is 243 Å². The number of para-hydroxylation sites is 2. The number of hydrogen-bond donors (Lipinski definition) is 0. The number of anilines is 6. The number of rotatable bonds is 11. The van der Waals surface area contributed by atoms with Gasteiger partial charge in [-0.3, -0.25) is 0 Å². The Hall–Kier alpha value is -8.20. The fourth-order valence-electron chi connectivity index (χ4n) is 9.15. The van der Waals surface area contributed by atoms with E-state index in [1.165, 1.54) is 77.9 Å². The monoisotopic (exact) mass is 848 g/mol. The van der Waals surface area contributed by atoms with E-state index in [1.807, 2.05) is 0 Å². The van der Waals surface area contributed by atoms with E-state index in [9.17, 15) is 0 Å². The molecule has 0 radical (unpaired) electrons. The van der Waals surface area contributed by atoms with E-state index in [2.05, 4.69) is 280 Å². The van der Waals surface area contributed by atoms with Crippen LogP contribution in [0.3, 0.4) is 0 Å². The van der Waals surface area contributed by atoms with Gasteiger partial charge in [0.05, 0.1) is 11.4 Å². The number of hydrogen-bond acceptors (Lipinski definition) is 2. The third kappa shape index (κ3) is 8.57. The zero-order valence-electron chi connectivity index (χ0n) is 38.0. The molecule has 318 valence electrons. The molecule has 66 heavy (non-hydrogen) atoms. The first kappa shape index (κ1) is 41.8. The Morgan fingerprint density at radius 3 is 0.894 bits per heavy atom. The minimum atomic E-state index is 1.12. The molecule has 10 aromatic carbocycles. The summed E-state index contributed by atoms with van der Waals surface area (Å²) in [5.74, 6) is 0. The minimum absolute atomic E-state index is 1.12. The summed E-state index contributed by atoms with van der Waals surface area (Å²) in [7, 11) is 0. The van der Waals surface area contributed by atoms with E-state index < -0.39 is 0 Å². The quantitative estimate of drug-likeness (QED) is 0.128. The maximum atomic E-state index is 2.42. The zero-order valence-corrected chi connectivity index (χ0v) is 38.0. The van der Waals surface area contributed by atoms with Crippen LogP contribution in [0.4, 0.5) is 34.1 Å². The van der Waals surface area contributed by atoms with Gasteiger partial charge in [-0.15, -0.1) is 0 Å². The van der Waals surface area contributed by atoms with Crippen LogP contribution < -0.4 is 9.80 Å². The molecule has 10 aromatic rings. The zero-order chi connectivity index (χ0) is 45.0. The summed E-state index contributed by atoms with van der Waals surface area (Å²) in [4.78, 5) is 4.83. The van der Waals surface area contributed by atoms with E-state index >= 15 is 0 Å². The van der Waals surface area contributed by atoms with Crippen LogP contribution in [0.25, 0.3) is 55.6 Å². The molecule has 10 rings (SSSR count). The van der Waals surface area contributed by atoms with Crippen molar-refractivity contribution in [3.63, 3.8) is 0 Å². The third-order valence-corrected chi connectivity index (χ3v) is 12.7. The molecule has 0 bridgehead atoms. The average molecular weight is 849 g/mol. The maximum absolute atomic E-state index is 2.42. The summed E-state index contributed by atoms with van der Waals surface area (Å²) in [6.07, 6.45) is 0. The summed E-state index contributed by atoms with van der Waals surface area (Å²) in [5.41, 5.74) is 23.6. The second-order valence-corrected chi connectivity index (χ2v) is 17.3. The summed E-state index contributed by atoms with van der Waals surface area (Å²) in [5, 5.41) is 0. The third-order valence-electron chi connectivity index (χ3n) is 12.7. The Labute approximate surface area is 390 Å². The second-order valence-electron chi connectivity index (χ2n) is 17.3. The van der Waals surface area contributed by atoms with E-state index in [0.717, 1.165) is 34.1 Å². The number of aryl methyl sites for hydroxylation is 4. The van der Waals surface area contributed by atoms with Crippen molar-refractivity contribution in [3.8, 4) is 55.6 Å². The minimum Gasteiger partial charge on any atom is -0.310 e. The fourth-order valence-corrected chi connectivity index (χ4v) is 9.15. The van der Waals surface area contributed by atoms with E-state index in [1.54, 1.807) is 0 Å². The molecule has 0 unspecified atom stereocenters. The molecule has 0 saturated carbocycles. The molecule has 0 saturated heterocycles. The molecular weight excluding hydrogens is 797 g/mol. The summed E-state index contributed by atoms with van der Waals surface area (Å²) >= 11 is 0. The van der Waals surface area contributed by atoms with Crippen LogP contribution in [0.1, 0.15) is 22.3 Å². The Balaban J connectivity index is 1.01. The normalized spacial score (nSPS) is 11.0. The van der Waals surface area contributed by atoms with Crippen molar-refractivity contribution in [2.75, 3.05) is 9.80 Å². The highest BCUT2D eigenvalue weighted by Crippen LogP contribution is 2.45. The Bertz CT molecular complexity index is 3020. The van der Waals surface area contributed by atoms with Crippen LogP contribution in [-0.4, -0.2) is 0 Å². The first-order chi connectivity index (χ1) is 32.4. The van der Waals surface area contributed by atoms with Crippen molar-refractivity contribution in [1.82, 2.24) is 0 Å². The largest absolute Gasteiger partial charge is 0.310 e. The van der Waals surface area contributed by atoms with E-state index in [0.29, 0.717) is 0 Å². The van der Waals surface area contributed by atoms with Gasteiger partial charge in [0.15, 0.2) is 0 Å². The first-order valence-electron chi connectivity index (χ1n) is 22.8. The van der Waals surface area contributed by atoms with Gasteiger partial charge in [-0.1, -0.05) is 193 Å². The van der Waals surface area contributed by atoms with Gasteiger partial charge < -0.3 is 9.80 Å². The molecule has 2 heteroatoms. The van der Waals surface area contributed by atoms with Crippen molar-refractivity contribution in [2.45, 2.75) is 27.7 Å². The lowest BCUT2D eigenvalue weighted by Gasteiger charge is -2.30. The lowest BCUT2D eigenvalue weighted by Crippen LogP contribution is -2.13. The predicted octanol–water partition coefficient (Wildman–Crippen LogP) is 18.2. The van der Waals surface area contributed by atoms with Gasteiger partial charge in [0.25, 0.3) is 0 Å².